The summed E-state index contributed by atoms with van der Waals surface area (Å²) in [5, 5.41) is 3.67. The second-order valence-electron chi connectivity index (χ2n) is 6.61. The largest absolute Gasteiger partial charge is 0.390 e. The summed E-state index contributed by atoms with van der Waals surface area (Å²) in [5.41, 5.74) is 0.122. The number of alkyl halides is 3. The van der Waals surface area contributed by atoms with Crippen LogP contribution < -0.4 is 5.32 Å². The highest BCUT2D eigenvalue weighted by atomic mass is 19.4. The topological polar surface area (TPSA) is 15.3 Å². The maximum atomic E-state index is 12.5. The molecule has 1 unspecified atom stereocenters. The molecule has 1 heterocycles. The van der Waals surface area contributed by atoms with Crippen molar-refractivity contribution in [3.8, 4) is 0 Å². The van der Waals surface area contributed by atoms with Crippen molar-refractivity contribution in [2.45, 2.75) is 62.7 Å². The van der Waals surface area contributed by atoms with Crippen LogP contribution >= 0.6 is 0 Å². The van der Waals surface area contributed by atoms with Gasteiger partial charge in [0, 0.05) is 31.2 Å². The van der Waals surface area contributed by atoms with Crippen LogP contribution in [0, 0.1) is 5.92 Å². The predicted octanol–water partition coefficient (Wildman–Crippen LogP) is 2.94. The van der Waals surface area contributed by atoms with E-state index in [-0.39, 0.29) is 12.1 Å². The molecule has 3 aliphatic rings. The number of piperazine rings is 1. The van der Waals surface area contributed by atoms with Gasteiger partial charge in [-0.1, -0.05) is 12.8 Å². The van der Waals surface area contributed by atoms with Crippen molar-refractivity contribution in [3.63, 3.8) is 0 Å². The van der Waals surface area contributed by atoms with E-state index in [4.69, 9.17) is 0 Å². The number of nitrogens with zero attached hydrogens (tertiary/aromatic N) is 1. The molecular weight excluding hydrogens is 253 g/mol. The fraction of sp³-hybridized carbons (Fsp3) is 1.00. The summed E-state index contributed by atoms with van der Waals surface area (Å²) in [6.45, 7) is 1.90. The van der Waals surface area contributed by atoms with Gasteiger partial charge < -0.3 is 5.32 Å². The van der Waals surface area contributed by atoms with Crippen LogP contribution in [0.1, 0.15) is 44.9 Å². The summed E-state index contributed by atoms with van der Waals surface area (Å²) in [7, 11) is 0. The minimum Gasteiger partial charge on any atom is -0.308 e. The molecule has 1 atom stereocenters. The van der Waals surface area contributed by atoms with E-state index in [1.54, 1.807) is 0 Å². The highest BCUT2D eigenvalue weighted by Crippen LogP contribution is 2.40. The number of hydrogen-bond acceptors (Lipinski definition) is 2. The molecule has 0 amide bonds. The van der Waals surface area contributed by atoms with Crippen molar-refractivity contribution in [3.05, 3.63) is 0 Å². The lowest BCUT2D eigenvalue weighted by Crippen LogP contribution is -2.64. The summed E-state index contributed by atoms with van der Waals surface area (Å²) in [5.74, 6) is 0.638. The monoisotopic (exact) mass is 276 g/mol. The van der Waals surface area contributed by atoms with Gasteiger partial charge in [0.1, 0.15) is 0 Å². The molecular formula is C14H23F3N2. The molecule has 5 heteroatoms. The van der Waals surface area contributed by atoms with Crippen LogP contribution in [-0.2, 0) is 0 Å². The van der Waals surface area contributed by atoms with Crippen molar-refractivity contribution in [1.82, 2.24) is 10.2 Å². The Morgan fingerprint density at radius 3 is 2.42 bits per heavy atom. The number of hydrogen-bond donors (Lipinski definition) is 1. The van der Waals surface area contributed by atoms with Crippen LogP contribution in [0.25, 0.3) is 0 Å². The zero-order chi connectivity index (χ0) is 13.5. The zero-order valence-electron chi connectivity index (χ0n) is 11.3. The van der Waals surface area contributed by atoms with Gasteiger partial charge in [-0.05, 0) is 31.6 Å². The molecule has 0 aromatic heterocycles. The third kappa shape index (κ3) is 3.24. The lowest BCUT2D eigenvalue weighted by molar-refractivity contribution is -0.141. The minimum atomic E-state index is -4.03. The van der Waals surface area contributed by atoms with Crippen LogP contribution in [0.4, 0.5) is 13.2 Å². The van der Waals surface area contributed by atoms with Crippen LogP contribution in [0.2, 0.25) is 0 Å². The first-order valence-electron chi connectivity index (χ1n) is 7.53. The van der Waals surface area contributed by atoms with Gasteiger partial charge in [-0.25, -0.2) is 0 Å². The van der Waals surface area contributed by atoms with E-state index in [1.165, 1.54) is 25.7 Å². The maximum absolute atomic E-state index is 12.5. The van der Waals surface area contributed by atoms with Gasteiger partial charge in [0.05, 0.1) is 6.42 Å². The highest BCUT2D eigenvalue weighted by molar-refractivity contribution is 5.04. The quantitative estimate of drug-likeness (QED) is 0.852. The van der Waals surface area contributed by atoms with E-state index in [0.29, 0.717) is 12.0 Å². The predicted molar refractivity (Wildman–Crippen MR) is 68.0 cm³/mol. The molecule has 1 N–H and O–H groups in total. The Labute approximate surface area is 112 Å². The molecule has 2 aliphatic carbocycles. The van der Waals surface area contributed by atoms with Crippen molar-refractivity contribution < 1.29 is 13.2 Å². The van der Waals surface area contributed by atoms with Crippen molar-refractivity contribution in [2.24, 2.45) is 5.92 Å². The molecule has 0 aromatic carbocycles. The SMILES string of the molecule is FC(F)(F)CCN1CC2(CCCC2)NCC1C1CC1. The Bertz CT molecular complexity index is 319. The first-order chi connectivity index (χ1) is 8.98. The number of nitrogens with one attached hydrogen (secondary N) is 1. The van der Waals surface area contributed by atoms with E-state index >= 15 is 0 Å². The second-order valence-corrected chi connectivity index (χ2v) is 6.61. The molecule has 0 bridgehead atoms. The van der Waals surface area contributed by atoms with Gasteiger partial charge in [0.2, 0.25) is 0 Å². The van der Waals surface area contributed by atoms with E-state index in [2.05, 4.69) is 10.2 Å². The van der Waals surface area contributed by atoms with Gasteiger partial charge >= 0.3 is 6.18 Å². The van der Waals surface area contributed by atoms with Gasteiger partial charge in [-0.15, -0.1) is 0 Å². The Hall–Kier alpha value is -0.290. The summed E-state index contributed by atoms with van der Waals surface area (Å²) in [6, 6.07) is 0.341. The second kappa shape index (κ2) is 4.92. The smallest absolute Gasteiger partial charge is 0.308 e. The van der Waals surface area contributed by atoms with Gasteiger partial charge in [0.25, 0.3) is 0 Å². The van der Waals surface area contributed by atoms with E-state index in [0.717, 1.165) is 25.9 Å². The molecule has 19 heavy (non-hydrogen) atoms. The summed E-state index contributed by atoms with van der Waals surface area (Å²) in [6.07, 6.45) is 2.40. The Morgan fingerprint density at radius 1 is 1.16 bits per heavy atom. The fourth-order valence-electron chi connectivity index (χ4n) is 3.86. The molecule has 3 fully saturated rings. The fourth-order valence-corrected chi connectivity index (χ4v) is 3.86. The van der Waals surface area contributed by atoms with Gasteiger partial charge in [-0.3, -0.25) is 4.90 Å². The average Bonchev–Trinajstić information content (AvgIpc) is 3.08. The summed E-state index contributed by atoms with van der Waals surface area (Å²) in [4.78, 5) is 2.15. The molecule has 2 saturated carbocycles. The first-order valence-corrected chi connectivity index (χ1v) is 7.53. The van der Waals surface area contributed by atoms with E-state index in [1.807, 2.05) is 0 Å². The number of halogens is 3. The lowest BCUT2D eigenvalue weighted by Gasteiger charge is -2.47. The van der Waals surface area contributed by atoms with Crippen LogP contribution in [-0.4, -0.2) is 42.3 Å². The minimum absolute atomic E-state index is 0.122. The summed E-state index contributed by atoms with van der Waals surface area (Å²) < 4.78 is 37.4. The lowest BCUT2D eigenvalue weighted by atomic mass is 9.91. The molecule has 1 saturated heterocycles. The van der Waals surface area contributed by atoms with Gasteiger partial charge in [-0.2, -0.15) is 13.2 Å². The molecule has 110 valence electrons. The molecule has 1 aliphatic heterocycles. The molecule has 3 rings (SSSR count). The zero-order valence-corrected chi connectivity index (χ0v) is 11.3. The standard InChI is InChI=1S/C14H23F3N2/c15-14(16,17)7-8-19-10-13(5-1-2-6-13)18-9-12(19)11-3-4-11/h11-12,18H,1-10H2. The number of rotatable bonds is 3. The third-order valence-electron chi connectivity index (χ3n) is 5.07. The average molecular weight is 276 g/mol. The van der Waals surface area contributed by atoms with Crippen molar-refractivity contribution >= 4 is 0 Å². The maximum Gasteiger partial charge on any atom is 0.390 e. The highest BCUT2D eigenvalue weighted by Gasteiger charge is 2.46. The van der Waals surface area contributed by atoms with Crippen LogP contribution in [0.15, 0.2) is 0 Å². The van der Waals surface area contributed by atoms with Crippen molar-refractivity contribution in [2.75, 3.05) is 19.6 Å². The van der Waals surface area contributed by atoms with E-state index < -0.39 is 12.6 Å². The van der Waals surface area contributed by atoms with Crippen molar-refractivity contribution in [1.29, 1.82) is 0 Å². The Morgan fingerprint density at radius 2 is 1.84 bits per heavy atom. The first kappa shape index (κ1) is 13.7. The molecule has 1 spiro atoms. The molecule has 0 radical (unpaired) electrons. The van der Waals surface area contributed by atoms with E-state index in [9.17, 15) is 13.2 Å². The molecule has 0 aromatic rings. The molecule has 2 nitrogen and oxygen atoms in total. The Kier molecular flexibility index (Phi) is 3.54. The normalized spacial score (nSPS) is 32.1. The van der Waals surface area contributed by atoms with Gasteiger partial charge in [0.15, 0.2) is 0 Å². The van der Waals surface area contributed by atoms with Crippen LogP contribution in [0.5, 0.6) is 0 Å². The van der Waals surface area contributed by atoms with Crippen LogP contribution in [0.3, 0.4) is 0 Å². The Balaban J connectivity index is 1.64. The third-order valence-corrected chi connectivity index (χ3v) is 5.07. The summed E-state index contributed by atoms with van der Waals surface area (Å²) >= 11 is 0.